The summed E-state index contributed by atoms with van der Waals surface area (Å²) in [6.07, 6.45) is -0.393. The number of hydrogen-bond donors (Lipinski definition) is 1. The first-order valence-corrected chi connectivity index (χ1v) is 5.25. The number of ether oxygens (including phenoxy) is 1. The third-order valence-electron chi connectivity index (χ3n) is 1.85. The average Bonchev–Trinajstić information content (AvgIpc) is 2.18. The average molecular weight is 276 g/mol. The molecule has 1 aromatic carbocycles. The van der Waals surface area contributed by atoms with Gasteiger partial charge in [-0.25, -0.2) is 4.39 Å². The van der Waals surface area contributed by atoms with Gasteiger partial charge in [0.05, 0.1) is 0 Å². The summed E-state index contributed by atoms with van der Waals surface area (Å²) in [4.78, 5) is 10.9. The van der Waals surface area contributed by atoms with Gasteiger partial charge in [-0.3, -0.25) is 4.79 Å². The van der Waals surface area contributed by atoms with Crippen molar-refractivity contribution in [3.05, 3.63) is 28.5 Å². The van der Waals surface area contributed by atoms with E-state index in [0.29, 0.717) is 10.9 Å². The Morgan fingerprint density at radius 3 is 2.87 bits per heavy atom. The molecule has 0 fully saturated rings. The first-order chi connectivity index (χ1) is 7.04. The van der Waals surface area contributed by atoms with Crippen LogP contribution in [0.4, 0.5) is 4.39 Å². The van der Waals surface area contributed by atoms with E-state index in [4.69, 9.17) is 10.5 Å². The summed E-state index contributed by atoms with van der Waals surface area (Å²) in [5.41, 5.74) is 5.09. The number of benzene rings is 1. The first-order valence-electron chi connectivity index (χ1n) is 4.45. The Balaban J connectivity index is 2.87. The molecule has 1 unspecified atom stereocenters. The summed E-state index contributed by atoms with van der Waals surface area (Å²) in [5, 5.41) is 0. The van der Waals surface area contributed by atoms with Gasteiger partial charge < -0.3 is 10.5 Å². The molecular weight excluding hydrogens is 265 g/mol. The Morgan fingerprint density at radius 1 is 1.67 bits per heavy atom. The predicted octanol–water partition coefficient (Wildman–Crippen LogP) is 2.23. The van der Waals surface area contributed by atoms with Crippen LogP contribution in [-0.2, 0) is 4.79 Å². The quantitative estimate of drug-likeness (QED) is 0.916. The minimum atomic E-state index is -0.797. The summed E-state index contributed by atoms with van der Waals surface area (Å²) in [6.45, 7) is 1.74. The molecule has 0 aromatic heterocycles. The van der Waals surface area contributed by atoms with E-state index in [1.165, 1.54) is 12.1 Å². The molecule has 0 aliphatic carbocycles. The van der Waals surface area contributed by atoms with Gasteiger partial charge in [0.25, 0.3) is 5.91 Å². The molecule has 3 nitrogen and oxygen atoms in total. The smallest absolute Gasteiger partial charge is 0.258 e. The van der Waals surface area contributed by atoms with Crippen LogP contribution in [0.2, 0.25) is 0 Å². The van der Waals surface area contributed by atoms with E-state index >= 15 is 0 Å². The number of carbonyl (C=O) groups is 1. The second-order valence-electron chi connectivity index (χ2n) is 2.99. The van der Waals surface area contributed by atoms with Gasteiger partial charge in [0.1, 0.15) is 0 Å². The highest BCUT2D eigenvalue weighted by Crippen LogP contribution is 2.23. The molecule has 2 N–H and O–H groups in total. The van der Waals surface area contributed by atoms with Crippen molar-refractivity contribution in [1.82, 2.24) is 0 Å². The van der Waals surface area contributed by atoms with E-state index in [1.54, 1.807) is 13.0 Å². The number of carbonyl (C=O) groups excluding carboxylic acids is 1. The highest BCUT2D eigenvalue weighted by Gasteiger charge is 2.16. The van der Waals surface area contributed by atoms with Crippen molar-refractivity contribution in [2.45, 2.75) is 19.4 Å². The molecule has 5 heteroatoms. The summed E-state index contributed by atoms with van der Waals surface area (Å²) in [7, 11) is 0. The van der Waals surface area contributed by atoms with Crippen LogP contribution in [0.3, 0.4) is 0 Å². The molecule has 0 spiro atoms. The summed E-state index contributed by atoms with van der Waals surface area (Å²) < 4.78 is 19.1. The zero-order chi connectivity index (χ0) is 11.4. The van der Waals surface area contributed by atoms with Crippen LogP contribution in [0.1, 0.15) is 13.3 Å². The number of halogens is 2. The Hall–Kier alpha value is -1.10. The molecule has 1 amide bonds. The summed E-state index contributed by atoms with van der Waals surface area (Å²) in [5.74, 6) is -1.09. The fraction of sp³-hybridized carbons (Fsp3) is 0.300. The normalized spacial score (nSPS) is 12.2. The van der Waals surface area contributed by atoms with E-state index in [1.807, 2.05) is 0 Å². The van der Waals surface area contributed by atoms with Crippen molar-refractivity contribution in [3.8, 4) is 5.75 Å². The first kappa shape index (κ1) is 12.0. The lowest BCUT2D eigenvalue weighted by Gasteiger charge is -2.14. The van der Waals surface area contributed by atoms with Crippen LogP contribution >= 0.6 is 15.9 Å². The van der Waals surface area contributed by atoms with Gasteiger partial charge in [0, 0.05) is 4.47 Å². The van der Waals surface area contributed by atoms with Gasteiger partial charge in [-0.2, -0.15) is 0 Å². The standard InChI is InChI=1S/C10H11BrFNO2/c1-2-8(10(13)14)15-9-5-6(11)3-4-7(9)12/h3-5,8H,2H2,1H3,(H2,13,14). The molecule has 0 aliphatic rings. The van der Waals surface area contributed by atoms with Gasteiger partial charge >= 0.3 is 0 Å². The molecule has 1 atom stereocenters. The third kappa shape index (κ3) is 3.20. The van der Waals surface area contributed by atoms with Crippen LogP contribution < -0.4 is 10.5 Å². The second kappa shape index (κ2) is 5.11. The highest BCUT2D eigenvalue weighted by atomic mass is 79.9. The topological polar surface area (TPSA) is 52.3 Å². The lowest BCUT2D eigenvalue weighted by Crippen LogP contribution is -2.33. The fourth-order valence-electron chi connectivity index (χ4n) is 1.06. The van der Waals surface area contributed by atoms with Crippen LogP contribution in [0.25, 0.3) is 0 Å². The van der Waals surface area contributed by atoms with Crippen LogP contribution in [0.15, 0.2) is 22.7 Å². The Labute approximate surface area is 95.5 Å². The zero-order valence-corrected chi connectivity index (χ0v) is 9.75. The number of nitrogens with two attached hydrogens (primary N) is 1. The van der Waals surface area contributed by atoms with Crippen LogP contribution in [0.5, 0.6) is 5.75 Å². The van der Waals surface area contributed by atoms with Crippen molar-refractivity contribution in [3.63, 3.8) is 0 Å². The van der Waals surface area contributed by atoms with Gasteiger partial charge in [0.15, 0.2) is 17.7 Å². The SMILES string of the molecule is CCC(Oc1cc(Br)ccc1F)C(N)=O. The Bertz CT molecular complexity index is 370. The maximum atomic E-state index is 13.2. The minimum Gasteiger partial charge on any atom is -0.478 e. The van der Waals surface area contributed by atoms with Gasteiger partial charge in [-0.05, 0) is 24.6 Å². The van der Waals surface area contributed by atoms with E-state index in [2.05, 4.69) is 15.9 Å². The lowest BCUT2D eigenvalue weighted by atomic mass is 10.2. The van der Waals surface area contributed by atoms with E-state index < -0.39 is 17.8 Å². The van der Waals surface area contributed by atoms with Crippen molar-refractivity contribution in [1.29, 1.82) is 0 Å². The summed E-state index contributed by atoms with van der Waals surface area (Å²) >= 11 is 3.18. The fourth-order valence-corrected chi connectivity index (χ4v) is 1.40. The molecule has 0 aliphatic heterocycles. The molecule has 0 radical (unpaired) electrons. The van der Waals surface area contributed by atoms with Crippen LogP contribution in [0, 0.1) is 5.82 Å². The van der Waals surface area contributed by atoms with Gasteiger partial charge in [0.2, 0.25) is 0 Å². The molecule has 0 saturated carbocycles. The maximum Gasteiger partial charge on any atom is 0.258 e. The maximum absolute atomic E-state index is 13.2. The molecule has 1 rings (SSSR count). The lowest BCUT2D eigenvalue weighted by molar-refractivity contribution is -0.124. The third-order valence-corrected chi connectivity index (χ3v) is 2.34. The number of hydrogen-bond acceptors (Lipinski definition) is 2. The predicted molar refractivity (Wildman–Crippen MR) is 58.0 cm³/mol. The van der Waals surface area contributed by atoms with Crippen molar-refractivity contribution in [2.24, 2.45) is 5.73 Å². The van der Waals surface area contributed by atoms with Crippen molar-refractivity contribution in [2.75, 3.05) is 0 Å². The van der Waals surface area contributed by atoms with E-state index in [-0.39, 0.29) is 5.75 Å². The molecule has 0 heterocycles. The minimum absolute atomic E-state index is 0.0232. The number of amides is 1. The molecule has 82 valence electrons. The van der Waals surface area contributed by atoms with Crippen molar-refractivity contribution < 1.29 is 13.9 Å². The molecule has 1 aromatic rings. The molecule has 0 bridgehead atoms. The van der Waals surface area contributed by atoms with Crippen molar-refractivity contribution >= 4 is 21.8 Å². The van der Waals surface area contributed by atoms with Crippen LogP contribution in [-0.4, -0.2) is 12.0 Å². The number of rotatable bonds is 4. The van der Waals surface area contributed by atoms with Gasteiger partial charge in [-0.15, -0.1) is 0 Å². The Kier molecular flexibility index (Phi) is 4.08. The second-order valence-corrected chi connectivity index (χ2v) is 3.91. The number of primary amides is 1. The molecule has 0 saturated heterocycles. The highest BCUT2D eigenvalue weighted by molar-refractivity contribution is 9.10. The Morgan fingerprint density at radius 2 is 2.33 bits per heavy atom. The largest absolute Gasteiger partial charge is 0.478 e. The van der Waals surface area contributed by atoms with E-state index in [9.17, 15) is 9.18 Å². The summed E-state index contributed by atoms with van der Waals surface area (Å²) in [6, 6.07) is 4.27. The molecule has 15 heavy (non-hydrogen) atoms. The van der Waals surface area contributed by atoms with Gasteiger partial charge in [-0.1, -0.05) is 22.9 Å². The van der Waals surface area contributed by atoms with E-state index in [0.717, 1.165) is 0 Å². The molecular formula is C10H11BrFNO2. The zero-order valence-electron chi connectivity index (χ0n) is 8.17. The monoisotopic (exact) mass is 275 g/mol.